The van der Waals surface area contributed by atoms with Crippen molar-refractivity contribution in [1.82, 2.24) is 9.80 Å². The van der Waals surface area contributed by atoms with E-state index < -0.39 is 17.6 Å². The Kier molecular flexibility index (Phi) is 9.47. The summed E-state index contributed by atoms with van der Waals surface area (Å²) in [6.07, 6.45) is -2.65. The molecule has 1 saturated heterocycles. The van der Waals surface area contributed by atoms with Crippen LogP contribution in [0.3, 0.4) is 0 Å². The van der Waals surface area contributed by atoms with E-state index in [9.17, 15) is 22.8 Å². The van der Waals surface area contributed by atoms with Crippen LogP contribution in [0.1, 0.15) is 24.0 Å². The molecule has 1 fully saturated rings. The van der Waals surface area contributed by atoms with E-state index in [0.717, 1.165) is 12.5 Å². The van der Waals surface area contributed by atoms with Crippen LogP contribution >= 0.6 is 0 Å². The Bertz CT molecular complexity index is 930. The van der Waals surface area contributed by atoms with Crippen LogP contribution < -0.4 is 5.32 Å². The zero-order valence-electron chi connectivity index (χ0n) is 19.0. The van der Waals surface area contributed by atoms with Crippen LogP contribution in [-0.2, 0) is 26.9 Å². The third-order valence-corrected chi connectivity index (χ3v) is 5.66. The molecule has 0 spiro atoms. The number of carbonyl (C=O) groups is 2. The molecule has 3 rings (SSSR count). The summed E-state index contributed by atoms with van der Waals surface area (Å²) < 4.78 is 44.9. The lowest BCUT2D eigenvalue weighted by Crippen LogP contribution is -2.50. The molecule has 184 valence electrons. The second kappa shape index (κ2) is 12.5. The van der Waals surface area contributed by atoms with Crippen molar-refractivity contribution in [2.45, 2.75) is 25.4 Å². The van der Waals surface area contributed by atoms with Gasteiger partial charge in [0, 0.05) is 39.2 Å². The molecule has 0 unspecified atom stereocenters. The van der Waals surface area contributed by atoms with E-state index in [0.29, 0.717) is 52.2 Å². The summed E-state index contributed by atoms with van der Waals surface area (Å²) in [5.74, 6) is -0.459. The fourth-order valence-corrected chi connectivity index (χ4v) is 3.81. The first-order valence-corrected chi connectivity index (χ1v) is 11.4. The summed E-state index contributed by atoms with van der Waals surface area (Å²) >= 11 is 0. The quantitative estimate of drug-likeness (QED) is 0.529. The van der Waals surface area contributed by atoms with Crippen LogP contribution in [0.2, 0.25) is 0 Å². The Morgan fingerprint density at radius 3 is 2.29 bits per heavy atom. The Balaban J connectivity index is 1.31. The summed E-state index contributed by atoms with van der Waals surface area (Å²) in [6.45, 7) is 3.08. The average molecular weight is 478 g/mol. The molecule has 1 heterocycles. The predicted molar refractivity (Wildman–Crippen MR) is 123 cm³/mol. The van der Waals surface area contributed by atoms with E-state index in [4.69, 9.17) is 4.74 Å². The molecule has 0 saturated carbocycles. The molecular weight excluding hydrogens is 447 g/mol. The molecule has 1 N–H and O–H groups in total. The van der Waals surface area contributed by atoms with Crippen molar-refractivity contribution in [2.75, 3.05) is 51.3 Å². The number of nitrogens with one attached hydrogen (secondary N) is 1. The minimum atomic E-state index is -4.54. The Hall–Kier alpha value is -2.91. The van der Waals surface area contributed by atoms with Crippen molar-refractivity contribution in [3.63, 3.8) is 0 Å². The topological polar surface area (TPSA) is 61.9 Å². The molecule has 9 heteroatoms. The number of alkyl halides is 3. The normalized spacial score (nSPS) is 14.7. The SMILES string of the molecule is O=C(CN1CCN(C(=O)CCCOCCc2ccccc2)CC1)Nc1ccccc1C(F)(F)F. The molecule has 1 aliphatic heterocycles. The summed E-state index contributed by atoms with van der Waals surface area (Å²) in [5.41, 5.74) is 0.0947. The maximum absolute atomic E-state index is 13.1. The second-order valence-corrected chi connectivity index (χ2v) is 8.20. The van der Waals surface area contributed by atoms with E-state index in [-0.39, 0.29) is 18.1 Å². The number of carbonyl (C=O) groups excluding carboxylic acids is 2. The number of ether oxygens (including phenoxy) is 1. The van der Waals surface area contributed by atoms with Gasteiger partial charge < -0.3 is 15.0 Å². The van der Waals surface area contributed by atoms with Crippen molar-refractivity contribution in [1.29, 1.82) is 0 Å². The molecule has 0 radical (unpaired) electrons. The maximum Gasteiger partial charge on any atom is 0.418 e. The lowest BCUT2D eigenvalue weighted by atomic mass is 10.1. The van der Waals surface area contributed by atoms with Crippen LogP contribution in [0.25, 0.3) is 0 Å². The van der Waals surface area contributed by atoms with E-state index in [1.165, 1.54) is 23.8 Å². The number of piperazine rings is 1. The average Bonchev–Trinajstić information content (AvgIpc) is 2.82. The minimum Gasteiger partial charge on any atom is -0.381 e. The van der Waals surface area contributed by atoms with E-state index in [1.54, 1.807) is 4.90 Å². The number of rotatable bonds is 10. The molecule has 0 atom stereocenters. The smallest absolute Gasteiger partial charge is 0.381 e. The fourth-order valence-electron chi connectivity index (χ4n) is 3.81. The lowest BCUT2D eigenvalue weighted by molar-refractivity contribution is -0.137. The van der Waals surface area contributed by atoms with Gasteiger partial charge in [-0.25, -0.2) is 0 Å². The Morgan fingerprint density at radius 2 is 1.59 bits per heavy atom. The predicted octanol–water partition coefficient (Wildman–Crippen LogP) is 3.83. The van der Waals surface area contributed by atoms with Gasteiger partial charge >= 0.3 is 6.18 Å². The fraction of sp³-hybridized carbons (Fsp3) is 0.440. The molecule has 0 bridgehead atoms. The minimum absolute atomic E-state index is 0.0243. The maximum atomic E-state index is 13.1. The van der Waals surface area contributed by atoms with Gasteiger partial charge in [0.05, 0.1) is 24.4 Å². The monoisotopic (exact) mass is 477 g/mol. The van der Waals surface area contributed by atoms with Crippen LogP contribution in [0.15, 0.2) is 54.6 Å². The zero-order valence-corrected chi connectivity index (χ0v) is 19.0. The lowest BCUT2D eigenvalue weighted by Gasteiger charge is -2.34. The van der Waals surface area contributed by atoms with Gasteiger partial charge in [0.1, 0.15) is 0 Å². The number of halogens is 3. The van der Waals surface area contributed by atoms with Gasteiger partial charge in [-0.1, -0.05) is 42.5 Å². The number of anilines is 1. The molecule has 2 amide bonds. The number of hydrogen-bond donors (Lipinski definition) is 1. The Morgan fingerprint density at radius 1 is 0.912 bits per heavy atom. The molecule has 2 aromatic carbocycles. The second-order valence-electron chi connectivity index (χ2n) is 8.20. The highest BCUT2D eigenvalue weighted by Crippen LogP contribution is 2.34. The molecule has 2 aromatic rings. The summed E-state index contributed by atoms with van der Waals surface area (Å²) in [4.78, 5) is 28.3. The van der Waals surface area contributed by atoms with Crippen molar-refractivity contribution in [2.24, 2.45) is 0 Å². The first kappa shape index (κ1) is 25.7. The molecule has 6 nitrogen and oxygen atoms in total. The first-order chi connectivity index (χ1) is 16.3. The van der Waals surface area contributed by atoms with Gasteiger partial charge in [0.15, 0.2) is 0 Å². The van der Waals surface area contributed by atoms with Gasteiger partial charge in [0.25, 0.3) is 0 Å². The number of hydrogen-bond acceptors (Lipinski definition) is 4. The van der Waals surface area contributed by atoms with Crippen LogP contribution in [0.4, 0.5) is 18.9 Å². The van der Waals surface area contributed by atoms with Crippen molar-refractivity contribution < 1.29 is 27.5 Å². The van der Waals surface area contributed by atoms with E-state index in [1.807, 2.05) is 23.1 Å². The third-order valence-electron chi connectivity index (χ3n) is 5.66. The summed E-state index contributed by atoms with van der Waals surface area (Å²) in [7, 11) is 0. The van der Waals surface area contributed by atoms with Crippen LogP contribution in [0.5, 0.6) is 0 Å². The number of benzene rings is 2. The van der Waals surface area contributed by atoms with Gasteiger partial charge in [-0.3, -0.25) is 14.5 Å². The largest absolute Gasteiger partial charge is 0.418 e. The molecule has 0 aromatic heterocycles. The van der Waals surface area contributed by atoms with Crippen molar-refractivity contribution in [3.8, 4) is 0 Å². The highest BCUT2D eigenvalue weighted by atomic mass is 19.4. The number of nitrogens with zero attached hydrogens (tertiary/aromatic N) is 2. The number of amides is 2. The first-order valence-electron chi connectivity index (χ1n) is 11.4. The Labute approximate surface area is 197 Å². The molecule has 0 aliphatic carbocycles. The highest BCUT2D eigenvalue weighted by molar-refractivity contribution is 5.93. The third kappa shape index (κ3) is 8.14. The van der Waals surface area contributed by atoms with Crippen LogP contribution in [0, 0.1) is 0 Å². The standard InChI is InChI=1S/C25H30F3N3O3/c26-25(27,28)21-9-4-5-10-22(21)29-23(32)19-30-13-15-31(16-14-30)24(33)11-6-17-34-18-12-20-7-2-1-3-8-20/h1-5,7-10H,6,11-19H2,(H,29,32). The number of para-hydroxylation sites is 1. The van der Waals surface area contributed by atoms with E-state index >= 15 is 0 Å². The van der Waals surface area contributed by atoms with Gasteiger partial charge in [-0.2, -0.15) is 13.2 Å². The van der Waals surface area contributed by atoms with Gasteiger partial charge in [-0.05, 0) is 30.5 Å². The van der Waals surface area contributed by atoms with Crippen molar-refractivity contribution >= 4 is 17.5 Å². The summed E-state index contributed by atoms with van der Waals surface area (Å²) in [5, 5.41) is 2.36. The molecular formula is C25H30F3N3O3. The van der Waals surface area contributed by atoms with Crippen molar-refractivity contribution in [3.05, 3.63) is 65.7 Å². The molecule has 34 heavy (non-hydrogen) atoms. The zero-order chi connectivity index (χ0) is 24.4. The van der Waals surface area contributed by atoms with Gasteiger partial charge in [-0.15, -0.1) is 0 Å². The van der Waals surface area contributed by atoms with E-state index in [2.05, 4.69) is 17.4 Å². The summed E-state index contributed by atoms with van der Waals surface area (Å²) in [6, 6.07) is 15.0. The van der Waals surface area contributed by atoms with Gasteiger partial charge in [0.2, 0.25) is 11.8 Å². The molecule has 1 aliphatic rings. The highest BCUT2D eigenvalue weighted by Gasteiger charge is 2.33. The van der Waals surface area contributed by atoms with Crippen LogP contribution in [-0.4, -0.2) is 67.6 Å².